The van der Waals surface area contributed by atoms with Gasteiger partial charge in [-0.2, -0.15) is 10.2 Å². The van der Waals surface area contributed by atoms with Gasteiger partial charge >= 0.3 is 0 Å². The van der Waals surface area contributed by atoms with Crippen molar-refractivity contribution in [2.75, 3.05) is 32.7 Å². The number of benzene rings is 1. The summed E-state index contributed by atoms with van der Waals surface area (Å²) < 4.78 is 3.57. The third kappa shape index (κ3) is 3.50. The van der Waals surface area contributed by atoms with Crippen molar-refractivity contribution in [2.45, 2.75) is 6.54 Å². The lowest BCUT2D eigenvalue weighted by Crippen LogP contribution is -2.49. The summed E-state index contributed by atoms with van der Waals surface area (Å²) in [5.74, 6) is 0.0621. The Kier molecular flexibility index (Phi) is 4.74. The first-order valence-electron chi connectivity index (χ1n) is 8.74. The largest absolute Gasteiger partial charge is 0.336 e. The Morgan fingerprint density at radius 1 is 1.00 bits per heavy atom. The van der Waals surface area contributed by atoms with Gasteiger partial charge in [-0.1, -0.05) is 12.1 Å². The van der Waals surface area contributed by atoms with E-state index in [-0.39, 0.29) is 5.91 Å². The van der Waals surface area contributed by atoms with Gasteiger partial charge in [0.15, 0.2) is 0 Å². The molecule has 1 amide bonds. The molecule has 26 heavy (non-hydrogen) atoms. The minimum absolute atomic E-state index is 0.0621. The predicted molar refractivity (Wildman–Crippen MR) is 95.9 cm³/mol. The van der Waals surface area contributed by atoms with Crippen LogP contribution in [-0.2, 0) is 6.54 Å². The van der Waals surface area contributed by atoms with Crippen molar-refractivity contribution in [2.24, 2.45) is 0 Å². The third-order valence-electron chi connectivity index (χ3n) is 4.66. The van der Waals surface area contributed by atoms with Crippen molar-refractivity contribution in [3.8, 4) is 5.69 Å². The van der Waals surface area contributed by atoms with E-state index in [4.69, 9.17) is 0 Å². The van der Waals surface area contributed by atoms with Gasteiger partial charge in [-0.15, -0.1) is 0 Å². The lowest BCUT2D eigenvalue weighted by atomic mass is 10.1. The maximum Gasteiger partial charge on any atom is 0.256 e. The lowest BCUT2D eigenvalue weighted by Gasteiger charge is -2.35. The summed E-state index contributed by atoms with van der Waals surface area (Å²) >= 11 is 0. The SMILES string of the molecule is O=C(c1ccccc1-n1cccn1)N1CCN(CCn2cncn2)CC1. The van der Waals surface area contributed by atoms with Crippen LogP contribution in [0.2, 0.25) is 0 Å². The third-order valence-corrected chi connectivity index (χ3v) is 4.66. The summed E-state index contributed by atoms with van der Waals surface area (Å²) in [5.41, 5.74) is 1.50. The Hall–Kier alpha value is -3.00. The topological polar surface area (TPSA) is 72.1 Å². The Morgan fingerprint density at radius 2 is 1.85 bits per heavy atom. The van der Waals surface area contributed by atoms with E-state index in [0.29, 0.717) is 5.56 Å². The number of carbonyl (C=O) groups excluding carboxylic acids is 1. The standard InChI is InChI=1S/C18H21N7O/c26-18(16-4-1-2-5-17(16)25-7-3-6-20-25)23-11-8-22(9-12-23)10-13-24-15-19-14-21-24/h1-7,14-15H,8-13H2. The van der Waals surface area contributed by atoms with Gasteiger partial charge in [0.2, 0.25) is 0 Å². The fourth-order valence-electron chi connectivity index (χ4n) is 3.20. The van der Waals surface area contributed by atoms with Crippen LogP contribution < -0.4 is 0 Å². The van der Waals surface area contributed by atoms with Crippen LogP contribution in [0, 0.1) is 0 Å². The highest BCUT2D eigenvalue weighted by Gasteiger charge is 2.24. The van der Waals surface area contributed by atoms with E-state index in [1.807, 2.05) is 46.1 Å². The number of hydrogen-bond acceptors (Lipinski definition) is 5. The van der Waals surface area contributed by atoms with E-state index in [0.717, 1.165) is 45.0 Å². The molecule has 0 bridgehead atoms. The van der Waals surface area contributed by atoms with Gasteiger partial charge in [0.25, 0.3) is 5.91 Å². The lowest BCUT2D eigenvalue weighted by molar-refractivity contribution is 0.0632. The maximum atomic E-state index is 13.0. The molecule has 2 aromatic heterocycles. The molecule has 4 rings (SSSR count). The number of hydrogen-bond donors (Lipinski definition) is 0. The summed E-state index contributed by atoms with van der Waals surface area (Å²) in [6.07, 6.45) is 6.85. The second-order valence-electron chi connectivity index (χ2n) is 6.26. The van der Waals surface area contributed by atoms with E-state index in [1.54, 1.807) is 23.5 Å². The van der Waals surface area contributed by atoms with Crippen molar-refractivity contribution < 1.29 is 4.79 Å². The zero-order valence-electron chi connectivity index (χ0n) is 14.5. The van der Waals surface area contributed by atoms with Crippen molar-refractivity contribution in [1.29, 1.82) is 0 Å². The number of rotatable bonds is 5. The number of nitrogens with zero attached hydrogens (tertiary/aromatic N) is 7. The minimum atomic E-state index is 0.0621. The van der Waals surface area contributed by atoms with Crippen LogP contribution >= 0.6 is 0 Å². The predicted octanol–water partition coefficient (Wildman–Crippen LogP) is 0.922. The number of aromatic nitrogens is 5. The van der Waals surface area contributed by atoms with Crippen LogP contribution in [0.15, 0.2) is 55.4 Å². The highest BCUT2D eigenvalue weighted by atomic mass is 16.2. The summed E-state index contributed by atoms with van der Waals surface area (Å²) in [6.45, 7) is 4.91. The zero-order chi connectivity index (χ0) is 17.8. The van der Waals surface area contributed by atoms with Crippen molar-refractivity contribution >= 4 is 5.91 Å². The molecule has 0 N–H and O–H groups in total. The van der Waals surface area contributed by atoms with Crippen LogP contribution in [0.3, 0.4) is 0 Å². The second kappa shape index (κ2) is 7.49. The molecule has 1 fully saturated rings. The molecular formula is C18H21N7O. The molecule has 0 radical (unpaired) electrons. The average Bonchev–Trinajstić information content (AvgIpc) is 3.40. The molecule has 8 nitrogen and oxygen atoms in total. The number of carbonyl (C=O) groups is 1. The first-order valence-corrected chi connectivity index (χ1v) is 8.74. The van der Waals surface area contributed by atoms with Crippen LogP contribution in [-0.4, -0.2) is 73.0 Å². The Labute approximate surface area is 151 Å². The van der Waals surface area contributed by atoms with Crippen molar-refractivity contribution in [3.05, 3.63) is 60.9 Å². The number of amides is 1. The van der Waals surface area contributed by atoms with E-state index in [1.165, 1.54) is 0 Å². The fourth-order valence-corrected chi connectivity index (χ4v) is 3.20. The molecule has 3 aromatic rings. The van der Waals surface area contributed by atoms with Gasteiger partial charge in [-0.25, -0.2) is 9.67 Å². The molecule has 0 spiro atoms. The van der Waals surface area contributed by atoms with Crippen LogP contribution in [0.5, 0.6) is 0 Å². The van der Waals surface area contributed by atoms with Crippen LogP contribution in [0.4, 0.5) is 0 Å². The van der Waals surface area contributed by atoms with E-state index in [2.05, 4.69) is 20.1 Å². The summed E-state index contributed by atoms with van der Waals surface area (Å²) in [4.78, 5) is 21.2. The minimum Gasteiger partial charge on any atom is -0.336 e. The molecule has 1 saturated heterocycles. The smallest absolute Gasteiger partial charge is 0.256 e. The van der Waals surface area contributed by atoms with Crippen molar-refractivity contribution in [3.63, 3.8) is 0 Å². The molecule has 8 heteroatoms. The summed E-state index contributed by atoms with van der Waals surface area (Å²) in [6, 6.07) is 9.48. The van der Waals surface area contributed by atoms with Crippen LogP contribution in [0.25, 0.3) is 5.69 Å². The summed E-state index contributed by atoms with van der Waals surface area (Å²) in [7, 11) is 0. The Morgan fingerprint density at radius 3 is 2.58 bits per heavy atom. The molecule has 1 aliphatic rings. The molecule has 1 aliphatic heterocycles. The molecule has 134 valence electrons. The quantitative estimate of drug-likeness (QED) is 0.684. The van der Waals surface area contributed by atoms with E-state index in [9.17, 15) is 4.79 Å². The van der Waals surface area contributed by atoms with E-state index < -0.39 is 0 Å². The highest BCUT2D eigenvalue weighted by Crippen LogP contribution is 2.17. The molecule has 0 saturated carbocycles. The molecular weight excluding hydrogens is 330 g/mol. The number of piperazine rings is 1. The van der Waals surface area contributed by atoms with E-state index >= 15 is 0 Å². The first-order chi connectivity index (χ1) is 12.8. The molecule has 1 aromatic carbocycles. The van der Waals surface area contributed by atoms with Gasteiger partial charge in [-0.3, -0.25) is 14.4 Å². The maximum absolute atomic E-state index is 13.0. The fraction of sp³-hybridized carbons (Fsp3) is 0.333. The first kappa shape index (κ1) is 16.5. The molecule has 0 atom stereocenters. The van der Waals surface area contributed by atoms with Gasteiger partial charge in [0.05, 0.1) is 17.8 Å². The highest BCUT2D eigenvalue weighted by molar-refractivity contribution is 5.97. The number of para-hydroxylation sites is 1. The zero-order valence-corrected chi connectivity index (χ0v) is 14.5. The Balaban J connectivity index is 1.38. The Bertz CT molecular complexity index is 836. The normalized spacial score (nSPS) is 15.3. The second-order valence-corrected chi connectivity index (χ2v) is 6.26. The molecule has 0 aliphatic carbocycles. The van der Waals surface area contributed by atoms with Crippen molar-refractivity contribution in [1.82, 2.24) is 34.3 Å². The summed E-state index contributed by atoms with van der Waals surface area (Å²) in [5, 5.41) is 8.38. The molecule has 3 heterocycles. The van der Waals surface area contributed by atoms with Crippen LogP contribution in [0.1, 0.15) is 10.4 Å². The van der Waals surface area contributed by atoms with Gasteiger partial charge in [0.1, 0.15) is 12.7 Å². The monoisotopic (exact) mass is 351 g/mol. The molecule has 0 unspecified atom stereocenters. The average molecular weight is 351 g/mol. The van der Waals surface area contributed by atoms with Gasteiger partial charge in [0, 0.05) is 45.1 Å². The van der Waals surface area contributed by atoms with Gasteiger partial charge < -0.3 is 4.90 Å². The van der Waals surface area contributed by atoms with Gasteiger partial charge in [-0.05, 0) is 18.2 Å².